The van der Waals surface area contributed by atoms with E-state index in [4.69, 9.17) is 4.74 Å². The molecule has 0 rings (SSSR count). The van der Waals surface area contributed by atoms with Gasteiger partial charge in [-0.3, -0.25) is 4.79 Å². The number of nitrogens with one attached hydrogen (secondary N) is 1. The Kier molecular flexibility index (Phi) is 5.25. The molecule has 0 heterocycles. The smallest absolute Gasteiger partial charge is 0.223 e. The Hall–Kier alpha value is -0.990. The highest BCUT2D eigenvalue weighted by atomic mass is 16.5. The molecule has 3 nitrogen and oxygen atoms in total. The lowest BCUT2D eigenvalue weighted by Gasteiger charge is -2.07. The van der Waals surface area contributed by atoms with Crippen LogP contribution in [0.25, 0.3) is 0 Å². The van der Waals surface area contributed by atoms with E-state index >= 15 is 0 Å². The third-order valence-electron chi connectivity index (χ3n) is 1.01. The minimum Gasteiger partial charge on any atom is -0.501 e. The van der Waals surface area contributed by atoms with Gasteiger partial charge in [0.15, 0.2) is 0 Å². The second kappa shape index (κ2) is 5.77. The fourth-order valence-corrected chi connectivity index (χ4v) is 0.629. The van der Waals surface area contributed by atoms with Crippen LogP contribution in [0.5, 0.6) is 0 Å². The number of carbonyl (C=O) groups is 1. The number of hydrogen-bond acceptors (Lipinski definition) is 2. The molecule has 0 atom stereocenters. The highest BCUT2D eigenvalue weighted by Crippen LogP contribution is 1.85. The summed E-state index contributed by atoms with van der Waals surface area (Å²) in [6.07, 6.45) is 1.73. The molecule has 0 unspecified atom stereocenters. The topological polar surface area (TPSA) is 38.3 Å². The van der Waals surface area contributed by atoms with Gasteiger partial charge in [0.05, 0.1) is 19.3 Å². The molecular formula is C8H15NO2. The molecule has 0 aromatic rings. The van der Waals surface area contributed by atoms with Crippen LogP contribution in [-0.4, -0.2) is 18.6 Å². The predicted molar refractivity (Wildman–Crippen MR) is 44.0 cm³/mol. The molecule has 0 saturated heterocycles. The third kappa shape index (κ3) is 6.90. The molecule has 0 spiro atoms. The van der Waals surface area contributed by atoms with E-state index in [9.17, 15) is 4.79 Å². The standard InChI is InChI=1S/C8H15NO2/c1-4-11-6-5-8(10)9-7(2)3/h4,7H,1,5-6H2,2-3H3,(H,9,10). The molecule has 64 valence electrons. The number of ether oxygens (including phenoxy) is 1. The van der Waals surface area contributed by atoms with Gasteiger partial charge in [0.2, 0.25) is 5.91 Å². The summed E-state index contributed by atoms with van der Waals surface area (Å²) in [5.74, 6) is 0.0156. The molecule has 0 bridgehead atoms. The summed E-state index contributed by atoms with van der Waals surface area (Å²) in [7, 11) is 0. The number of amides is 1. The van der Waals surface area contributed by atoms with Crippen molar-refractivity contribution in [3.8, 4) is 0 Å². The molecule has 11 heavy (non-hydrogen) atoms. The van der Waals surface area contributed by atoms with Gasteiger partial charge >= 0.3 is 0 Å². The zero-order chi connectivity index (χ0) is 8.69. The molecule has 0 fully saturated rings. The van der Waals surface area contributed by atoms with E-state index in [1.54, 1.807) is 0 Å². The Balaban J connectivity index is 3.30. The minimum atomic E-state index is 0.0156. The van der Waals surface area contributed by atoms with Crippen molar-refractivity contribution in [1.82, 2.24) is 5.32 Å². The van der Waals surface area contributed by atoms with Crippen LogP contribution in [0.3, 0.4) is 0 Å². The van der Waals surface area contributed by atoms with Crippen LogP contribution in [0.15, 0.2) is 12.8 Å². The van der Waals surface area contributed by atoms with E-state index in [-0.39, 0.29) is 11.9 Å². The van der Waals surface area contributed by atoms with Gasteiger partial charge in [-0.2, -0.15) is 0 Å². The molecule has 0 aliphatic carbocycles. The van der Waals surface area contributed by atoms with Crippen LogP contribution in [0.4, 0.5) is 0 Å². The van der Waals surface area contributed by atoms with Crippen molar-refractivity contribution in [3.05, 3.63) is 12.8 Å². The van der Waals surface area contributed by atoms with Gasteiger partial charge in [-0.25, -0.2) is 0 Å². The molecule has 0 aromatic carbocycles. The van der Waals surface area contributed by atoms with Crippen molar-refractivity contribution in [1.29, 1.82) is 0 Å². The van der Waals surface area contributed by atoms with Crippen LogP contribution in [0.2, 0.25) is 0 Å². The second-order valence-corrected chi connectivity index (χ2v) is 2.51. The quantitative estimate of drug-likeness (QED) is 0.478. The Bertz CT molecular complexity index is 132. The maximum Gasteiger partial charge on any atom is 0.223 e. The predicted octanol–water partition coefficient (Wildman–Crippen LogP) is 1.06. The molecule has 0 aliphatic rings. The van der Waals surface area contributed by atoms with E-state index in [0.29, 0.717) is 13.0 Å². The Morgan fingerprint density at radius 3 is 2.82 bits per heavy atom. The van der Waals surface area contributed by atoms with Crippen LogP contribution in [0.1, 0.15) is 20.3 Å². The number of hydrogen-bond donors (Lipinski definition) is 1. The first-order valence-electron chi connectivity index (χ1n) is 3.68. The van der Waals surface area contributed by atoms with Crippen molar-refractivity contribution in [2.45, 2.75) is 26.3 Å². The van der Waals surface area contributed by atoms with Crippen molar-refractivity contribution in [2.75, 3.05) is 6.61 Å². The first-order valence-corrected chi connectivity index (χ1v) is 3.68. The fourth-order valence-electron chi connectivity index (χ4n) is 0.629. The van der Waals surface area contributed by atoms with Crippen LogP contribution in [-0.2, 0) is 9.53 Å². The van der Waals surface area contributed by atoms with Crippen molar-refractivity contribution >= 4 is 5.91 Å². The van der Waals surface area contributed by atoms with Gasteiger partial charge in [-0.05, 0) is 13.8 Å². The molecule has 1 amide bonds. The summed E-state index contributed by atoms with van der Waals surface area (Å²) in [5, 5.41) is 2.75. The first-order chi connectivity index (χ1) is 5.16. The van der Waals surface area contributed by atoms with Crippen molar-refractivity contribution < 1.29 is 9.53 Å². The summed E-state index contributed by atoms with van der Waals surface area (Å²) in [5.41, 5.74) is 0. The summed E-state index contributed by atoms with van der Waals surface area (Å²) in [4.78, 5) is 10.9. The van der Waals surface area contributed by atoms with Crippen LogP contribution >= 0.6 is 0 Å². The molecule has 0 aromatic heterocycles. The van der Waals surface area contributed by atoms with E-state index in [1.165, 1.54) is 6.26 Å². The lowest BCUT2D eigenvalue weighted by molar-refractivity contribution is -0.122. The van der Waals surface area contributed by atoms with Gasteiger partial charge < -0.3 is 10.1 Å². The zero-order valence-electron chi connectivity index (χ0n) is 7.09. The Labute approximate surface area is 67.4 Å². The lowest BCUT2D eigenvalue weighted by Crippen LogP contribution is -2.30. The monoisotopic (exact) mass is 157 g/mol. The summed E-state index contributed by atoms with van der Waals surface area (Å²) < 4.78 is 4.79. The summed E-state index contributed by atoms with van der Waals surface area (Å²) >= 11 is 0. The Morgan fingerprint density at radius 2 is 2.36 bits per heavy atom. The van der Waals surface area contributed by atoms with Gasteiger partial charge in [-0.1, -0.05) is 6.58 Å². The highest BCUT2D eigenvalue weighted by Gasteiger charge is 2.01. The van der Waals surface area contributed by atoms with Gasteiger partial charge in [0, 0.05) is 6.04 Å². The van der Waals surface area contributed by atoms with Gasteiger partial charge in [0.25, 0.3) is 0 Å². The zero-order valence-corrected chi connectivity index (χ0v) is 7.09. The molecule has 0 aliphatic heterocycles. The second-order valence-electron chi connectivity index (χ2n) is 2.51. The maximum atomic E-state index is 10.9. The molecule has 1 N–H and O–H groups in total. The summed E-state index contributed by atoms with van der Waals surface area (Å²) in [6.45, 7) is 7.62. The normalized spacial score (nSPS) is 9.36. The SMILES string of the molecule is C=COCCC(=O)NC(C)C. The molecule has 0 saturated carbocycles. The average Bonchev–Trinajstić information content (AvgIpc) is 1.86. The molecular weight excluding hydrogens is 142 g/mol. The van der Waals surface area contributed by atoms with E-state index in [2.05, 4.69) is 11.9 Å². The van der Waals surface area contributed by atoms with E-state index in [1.807, 2.05) is 13.8 Å². The van der Waals surface area contributed by atoms with Gasteiger partial charge in [0.1, 0.15) is 0 Å². The van der Waals surface area contributed by atoms with Crippen molar-refractivity contribution in [2.24, 2.45) is 0 Å². The van der Waals surface area contributed by atoms with E-state index < -0.39 is 0 Å². The minimum absolute atomic E-state index is 0.0156. The van der Waals surface area contributed by atoms with Crippen molar-refractivity contribution in [3.63, 3.8) is 0 Å². The fraction of sp³-hybridized carbons (Fsp3) is 0.625. The first kappa shape index (κ1) is 10.0. The number of rotatable bonds is 5. The van der Waals surface area contributed by atoms with E-state index in [0.717, 1.165) is 0 Å². The Morgan fingerprint density at radius 1 is 1.73 bits per heavy atom. The highest BCUT2D eigenvalue weighted by molar-refractivity contribution is 5.76. The van der Waals surface area contributed by atoms with Gasteiger partial charge in [-0.15, -0.1) is 0 Å². The number of carbonyl (C=O) groups excluding carboxylic acids is 1. The lowest BCUT2D eigenvalue weighted by atomic mass is 10.3. The maximum absolute atomic E-state index is 10.9. The largest absolute Gasteiger partial charge is 0.501 e. The molecule has 3 heteroatoms. The third-order valence-corrected chi connectivity index (χ3v) is 1.01. The van der Waals surface area contributed by atoms with Crippen LogP contribution < -0.4 is 5.32 Å². The average molecular weight is 157 g/mol. The van der Waals surface area contributed by atoms with Crippen LogP contribution in [0, 0.1) is 0 Å². The molecule has 0 radical (unpaired) electrons. The summed E-state index contributed by atoms with van der Waals surface area (Å²) in [6, 6.07) is 0.200.